The molecule has 1 saturated heterocycles. The van der Waals surface area contributed by atoms with E-state index >= 15 is 0 Å². The van der Waals surface area contributed by atoms with E-state index < -0.39 is 9.84 Å². The molecule has 0 spiro atoms. The Kier molecular flexibility index (Phi) is 5.22. The molecular formula is C14H22N6O2S. The molecule has 9 heteroatoms. The fourth-order valence-corrected chi connectivity index (χ4v) is 3.25. The lowest BCUT2D eigenvalue weighted by Gasteiger charge is -2.34. The molecule has 1 fully saturated rings. The zero-order valence-corrected chi connectivity index (χ0v) is 14.1. The molecule has 23 heavy (non-hydrogen) atoms. The van der Waals surface area contributed by atoms with Crippen LogP contribution in [0.3, 0.4) is 0 Å². The average Bonchev–Trinajstić information content (AvgIpc) is 2.47. The highest BCUT2D eigenvalue weighted by Gasteiger charge is 2.18. The number of piperazine rings is 1. The lowest BCUT2D eigenvalue weighted by atomic mass is 10.2. The third-order valence-electron chi connectivity index (χ3n) is 3.64. The molecule has 4 N–H and O–H groups in total. The molecule has 1 aromatic carbocycles. The first-order chi connectivity index (χ1) is 10.8. The second kappa shape index (κ2) is 6.97. The van der Waals surface area contributed by atoms with Crippen LogP contribution in [0.5, 0.6) is 0 Å². The standard InChI is InChI=1S/C14H22N6O2S/c1-19-5-7-20(8-6-19)12-4-3-11(10-17-18-14(15)16)13(9-12)23(2,21)22/h3-4,9-10H,5-8H2,1-2H3,(H4,15,16,18). The minimum Gasteiger partial charge on any atom is -0.369 e. The van der Waals surface area contributed by atoms with Crippen molar-refractivity contribution in [2.24, 2.45) is 21.7 Å². The van der Waals surface area contributed by atoms with Gasteiger partial charge in [-0.05, 0) is 25.2 Å². The third kappa shape index (κ3) is 4.67. The van der Waals surface area contributed by atoms with Crippen molar-refractivity contribution >= 4 is 27.7 Å². The molecule has 126 valence electrons. The van der Waals surface area contributed by atoms with E-state index in [2.05, 4.69) is 27.1 Å². The Balaban J connectivity index is 2.35. The van der Waals surface area contributed by atoms with Crippen LogP contribution in [0.25, 0.3) is 0 Å². The molecule has 0 atom stereocenters. The summed E-state index contributed by atoms with van der Waals surface area (Å²) in [5.41, 5.74) is 11.7. The highest BCUT2D eigenvalue weighted by molar-refractivity contribution is 7.90. The number of rotatable bonds is 4. The molecule has 1 aliphatic heterocycles. The molecule has 8 nitrogen and oxygen atoms in total. The quantitative estimate of drug-likeness (QED) is 0.432. The second-order valence-electron chi connectivity index (χ2n) is 5.55. The van der Waals surface area contributed by atoms with Gasteiger partial charge in [0.25, 0.3) is 0 Å². The molecule has 0 radical (unpaired) electrons. The fraction of sp³-hybridized carbons (Fsp3) is 0.429. The van der Waals surface area contributed by atoms with Gasteiger partial charge in [0.15, 0.2) is 9.84 Å². The van der Waals surface area contributed by atoms with Crippen LogP contribution in [-0.2, 0) is 9.84 Å². The average molecular weight is 338 g/mol. The number of hydrogen-bond donors (Lipinski definition) is 2. The van der Waals surface area contributed by atoms with Crippen molar-refractivity contribution in [2.75, 3.05) is 44.4 Å². The summed E-state index contributed by atoms with van der Waals surface area (Å²) in [5, 5.41) is 7.19. The molecule has 2 rings (SSSR count). The first-order valence-corrected chi connectivity index (χ1v) is 9.06. The molecule has 0 aliphatic carbocycles. The van der Waals surface area contributed by atoms with Crippen molar-refractivity contribution in [3.8, 4) is 0 Å². The molecule has 1 aliphatic rings. The molecule has 0 unspecified atom stereocenters. The Labute approximate surface area is 136 Å². The summed E-state index contributed by atoms with van der Waals surface area (Å²) in [7, 11) is -1.32. The van der Waals surface area contributed by atoms with E-state index in [4.69, 9.17) is 11.5 Å². The molecule has 0 bridgehead atoms. The zero-order valence-electron chi connectivity index (χ0n) is 13.3. The van der Waals surface area contributed by atoms with Crippen LogP contribution in [0.1, 0.15) is 5.56 Å². The lowest BCUT2D eigenvalue weighted by molar-refractivity contribution is 0.313. The Morgan fingerprint density at radius 1 is 1.22 bits per heavy atom. The summed E-state index contributed by atoms with van der Waals surface area (Å²) in [4.78, 5) is 4.62. The van der Waals surface area contributed by atoms with E-state index in [9.17, 15) is 8.42 Å². The summed E-state index contributed by atoms with van der Waals surface area (Å²) in [5.74, 6) is -0.184. The van der Waals surface area contributed by atoms with Crippen LogP contribution in [0.15, 0.2) is 33.3 Å². The number of likely N-dealkylation sites (N-methyl/N-ethyl adjacent to an activating group) is 1. The topological polar surface area (TPSA) is 117 Å². The van der Waals surface area contributed by atoms with Crippen molar-refractivity contribution in [2.45, 2.75) is 4.90 Å². The van der Waals surface area contributed by atoms with E-state index in [-0.39, 0.29) is 10.9 Å². The maximum Gasteiger partial charge on any atom is 0.211 e. The summed E-state index contributed by atoms with van der Waals surface area (Å²) in [6.07, 6.45) is 2.51. The van der Waals surface area contributed by atoms with Crippen LogP contribution in [0.2, 0.25) is 0 Å². The molecular weight excluding hydrogens is 316 g/mol. The Morgan fingerprint density at radius 2 is 1.87 bits per heavy atom. The molecule has 0 aromatic heterocycles. The Morgan fingerprint density at radius 3 is 2.43 bits per heavy atom. The summed E-state index contributed by atoms with van der Waals surface area (Å²) < 4.78 is 24.1. The number of nitrogens with zero attached hydrogens (tertiary/aromatic N) is 4. The van der Waals surface area contributed by atoms with E-state index in [1.807, 2.05) is 6.07 Å². The van der Waals surface area contributed by atoms with E-state index in [0.717, 1.165) is 31.9 Å². The van der Waals surface area contributed by atoms with Gasteiger partial charge in [-0.25, -0.2) is 8.42 Å². The second-order valence-corrected chi connectivity index (χ2v) is 7.54. The van der Waals surface area contributed by atoms with Crippen molar-refractivity contribution < 1.29 is 8.42 Å². The van der Waals surface area contributed by atoms with Gasteiger partial charge in [0.2, 0.25) is 5.96 Å². The minimum absolute atomic E-state index is 0.184. The van der Waals surface area contributed by atoms with Gasteiger partial charge in [0, 0.05) is 43.7 Å². The third-order valence-corrected chi connectivity index (χ3v) is 4.79. The van der Waals surface area contributed by atoms with Crippen molar-refractivity contribution in [1.82, 2.24) is 4.90 Å². The number of benzene rings is 1. The van der Waals surface area contributed by atoms with Crippen LogP contribution in [0, 0.1) is 0 Å². The molecule has 0 amide bonds. The zero-order chi connectivity index (χ0) is 17.0. The predicted molar refractivity (Wildman–Crippen MR) is 92.7 cm³/mol. The normalized spacial score (nSPS) is 16.7. The lowest BCUT2D eigenvalue weighted by Crippen LogP contribution is -2.44. The smallest absolute Gasteiger partial charge is 0.211 e. The number of hydrogen-bond acceptors (Lipinski definition) is 6. The van der Waals surface area contributed by atoms with Gasteiger partial charge in [-0.1, -0.05) is 0 Å². The van der Waals surface area contributed by atoms with Gasteiger partial charge in [-0.3, -0.25) is 0 Å². The first kappa shape index (κ1) is 17.2. The maximum absolute atomic E-state index is 12.1. The largest absolute Gasteiger partial charge is 0.369 e. The van der Waals surface area contributed by atoms with Gasteiger partial charge >= 0.3 is 0 Å². The van der Waals surface area contributed by atoms with Gasteiger partial charge in [0.05, 0.1) is 11.1 Å². The summed E-state index contributed by atoms with van der Waals surface area (Å²) in [6.45, 7) is 3.62. The first-order valence-electron chi connectivity index (χ1n) is 7.17. The monoisotopic (exact) mass is 338 g/mol. The maximum atomic E-state index is 12.1. The summed E-state index contributed by atoms with van der Waals surface area (Å²) >= 11 is 0. The van der Waals surface area contributed by atoms with E-state index in [0.29, 0.717) is 5.56 Å². The molecule has 0 saturated carbocycles. The van der Waals surface area contributed by atoms with Crippen LogP contribution in [-0.4, -0.2) is 65.0 Å². The highest BCUT2D eigenvalue weighted by atomic mass is 32.2. The number of anilines is 1. The van der Waals surface area contributed by atoms with Crippen molar-refractivity contribution in [3.05, 3.63) is 23.8 Å². The fourth-order valence-electron chi connectivity index (χ4n) is 2.37. The molecule has 1 heterocycles. The van der Waals surface area contributed by atoms with Gasteiger partial charge in [-0.2, -0.15) is 5.10 Å². The van der Waals surface area contributed by atoms with Crippen molar-refractivity contribution in [3.63, 3.8) is 0 Å². The Hall–Kier alpha value is -2.13. The highest BCUT2D eigenvalue weighted by Crippen LogP contribution is 2.23. The number of nitrogens with two attached hydrogens (primary N) is 2. The van der Waals surface area contributed by atoms with E-state index in [1.165, 1.54) is 12.5 Å². The number of sulfone groups is 1. The number of guanidine groups is 1. The van der Waals surface area contributed by atoms with Crippen LogP contribution < -0.4 is 16.4 Å². The SMILES string of the molecule is CN1CCN(c2ccc(C=NN=C(N)N)c(S(C)(=O)=O)c2)CC1. The minimum atomic E-state index is -3.40. The summed E-state index contributed by atoms with van der Waals surface area (Å²) in [6, 6.07) is 5.28. The van der Waals surface area contributed by atoms with Gasteiger partial charge in [-0.15, -0.1) is 5.10 Å². The predicted octanol–water partition coefficient (Wildman–Crippen LogP) is -0.551. The van der Waals surface area contributed by atoms with Crippen molar-refractivity contribution in [1.29, 1.82) is 0 Å². The molecule has 1 aromatic rings. The van der Waals surface area contributed by atoms with Crippen LogP contribution >= 0.6 is 0 Å². The van der Waals surface area contributed by atoms with Crippen LogP contribution in [0.4, 0.5) is 5.69 Å². The van der Waals surface area contributed by atoms with Gasteiger partial charge < -0.3 is 21.3 Å². The van der Waals surface area contributed by atoms with Gasteiger partial charge in [0.1, 0.15) is 0 Å². The van der Waals surface area contributed by atoms with E-state index in [1.54, 1.807) is 12.1 Å². The Bertz CT molecular complexity index is 717.